The minimum Gasteiger partial charge on any atom is -0.507 e. The smallest absolute Gasteiger partial charge is 0.306 e. The lowest BCUT2D eigenvalue weighted by atomic mass is 9.86. The lowest BCUT2D eigenvalue weighted by Crippen LogP contribution is -2.13. The molecule has 9 nitrogen and oxygen atoms in total. The molecule has 11 heteroatoms. The molecular weight excluding hydrogens is 482 g/mol. The highest BCUT2D eigenvalue weighted by Gasteiger charge is 2.30. The van der Waals surface area contributed by atoms with Gasteiger partial charge in [-0.2, -0.15) is 0 Å². The predicted molar refractivity (Wildman–Crippen MR) is 121 cm³/mol. The van der Waals surface area contributed by atoms with Gasteiger partial charge in [-0.1, -0.05) is 6.07 Å². The first-order chi connectivity index (χ1) is 17.0. The molecule has 0 fully saturated rings. The van der Waals surface area contributed by atoms with Gasteiger partial charge in [0, 0.05) is 23.1 Å². The van der Waals surface area contributed by atoms with E-state index in [1.165, 1.54) is 6.07 Å². The number of fused-ring (bicyclic) bond motifs is 1. The SMILES string of the molecule is COC(=O)C[C@@H](c1ccc(F)c(F)c1)c1c(O)cc(O)c2c(=O)c(O)c(-c3ccc(O)c(O)c3)oc12. The number of rotatable bonds is 5. The zero-order chi connectivity index (χ0) is 26.3. The van der Waals surface area contributed by atoms with Gasteiger partial charge in [0.2, 0.25) is 11.2 Å². The van der Waals surface area contributed by atoms with Crippen LogP contribution in [-0.2, 0) is 9.53 Å². The van der Waals surface area contributed by atoms with Gasteiger partial charge < -0.3 is 34.7 Å². The number of halogens is 2. The number of hydrogen-bond acceptors (Lipinski definition) is 9. The number of carbonyl (C=O) groups is 1. The van der Waals surface area contributed by atoms with Gasteiger partial charge in [0.05, 0.1) is 13.5 Å². The van der Waals surface area contributed by atoms with Crippen LogP contribution in [-0.4, -0.2) is 38.6 Å². The first-order valence-corrected chi connectivity index (χ1v) is 10.3. The van der Waals surface area contributed by atoms with Gasteiger partial charge in [0.1, 0.15) is 22.5 Å². The van der Waals surface area contributed by atoms with E-state index in [0.29, 0.717) is 0 Å². The second-order valence-corrected chi connectivity index (χ2v) is 7.85. The molecule has 5 N–H and O–H groups in total. The van der Waals surface area contributed by atoms with Crippen LogP contribution in [0.1, 0.15) is 23.5 Å². The Hall–Kier alpha value is -4.80. The van der Waals surface area contributed by atoms with Gasteiger partial charge in [-0.05, 0) is 35.9 Å². The van der Waals surface area contributed by atoms with Crippen molar-refractivity contribution in [2.24, 2.45) is 0 Å². The van der Waals surface area contributed by atoms with E-state index < -0.39 is 80.8 Å². The van der Waals surface area contributed by atoms with Gasteiger partial charge >= 0.3 is 5.97 Å². The molecule has 0 spiro atoms. The second kappa shape index (κ2) is 9.10. The van der Waals surface area contributed by atoms with E-state index in [9.17, 15) is 43.9 Å². The van der Waals surface area contributed by atoms with E-state index in [2.05, 4.69) is 0 Å². The summed E-state index contributed by atoms with van der Waals surface area (Å²) in [6.45, 7) is 0. The maximum Gasteiger partial charge on any atom is 0.306 e. The fourth-order valence-electron chi connectivity index (χ4n) is 3.91. The van der Waals surface area contributed by atoms with E-state index in [4.69, 9.17) is 9.15 Å². The van der Waals surface area contributed by atoms with E-state index in [1.54, 1.807) is 0 Å². The van der Waals surface area contributed by atoms with Crippen molar-refractivity contribution in [1.29, 1.82) is 0 Å². The molecule has 36 heavy (non-hydrogen) atoms. The van der Waals surface area contributed by atoms with Crippen LogP contribution in [0.4, 0.5) is 8.78 Å². The summed E-state index contributed by atoms with van der Waals surface area (Å²) < 4.78 is 38.1. The van der Waals surface area contributed by atoms with Gasteiger partial charge in [-0.25, -0.2) is 8.78 Å². The monoisotopic (exact) mass is 500 g/mol. The molecule has 1 aromatic heterocycles. The van der Waals surface area contributed by atoms with Crippen LogP contribution in [0.15, 0.2) is 51.7 Å². The van der Waals surface area contributed by atoms with Gasteiger partial charge in [0.15, 0.2) is 28.9 Å². The quantitative estimate of drug-likeness (QED) is 0.202. The maximum atomic E-state index is 14.1. The molecule has 1 atom stereocenters. The molecule has 3 aromatic carbocycles. The predicted octanol–water partition coefficient (Wildman–Crippen LogP) is 3.96. The zero-order valence-electron chi connectivity index (χ0n) is 18.5. The Morgan fingerprint density at radius 3 is 2.28 bits per heavy atom. The standard InChI is InChI=1S/C25H18F2O9/c1-35-19(32)8-12(10-2-4-13(26)14(27)6-10)20-17(30)9-18(31)21-22(33)23(34)24(36-25(20)21)11-3-5-15(28)16(29)7-11/h2-7,9,12,28-31,34H,8H2,1H3/t12-/m0/s1. The number of esters is 1. The van der Waals surface area contributed by atoms with Gasteiger partial charge in [-0.3, -0.25) is 9.59 Å². The largest absolute Gasteiger partial charge is 0.507 e. The minimum absolute atomic E-state index is 0.00106. The molecular formula is C25H18F2O9. The van der Waals surface area contributed by atoms with Crippen molar-refractivity contribution in [2.45, 2.75) is 12.3 Å². The van der Waals surface area contributed by atoms with Crippen LogP contribution >= 0.6 is 0 Å². The number of ether oxygens (including phenoxy) is 1. The Balaban J connectivity index is 2.09. The summed E-state index contributed by atoms with van der Waals surface area (Å²) in [4.78, 5) is 25.2. The number of hydrogen-bond donors (Lipinski definition) is 5. The number of methoxy groups -OCH3 is 1. The zero-order valence-corrected chi connectivity index (χ0v) is 18.5. The van der Waals surface area contributed by atoms with E-state index in [-0.39, 0.29) is 16.7 Å². The van der Waals surface area contributed by atoms with Crippen LogP contribution in [0.5, 0.6) is 28.7 Å². The molecule has 4 aromatic rings. The molecule has 0 saturated carbocycles. The third-order valence-electron chi connectivity index (χ3n) is 5.67. The minimum atomic E-state index is -1.26. The third-order valence-corrected chi connectivity index (χ3v) is 5.67. The Kier molecular flexibility index (Phi) is 6.15. The fraction of sp³-hybridized carbons (Fsp3) is 0.120. The van der Waals surface area contributed by atoms with Crippen molar-refractivity contribution in [1.82, 2.24) is 0 Å². The summed E-state index contributed by atoms with van der Waals surface area (Å²) in [6, 6.07) is 6.80. The summed E-state index contributed by atoms with van der Waals surface area (Å²) in [5, 5.41) is 50.5. The molecule has 4 rings (SSSR count). The molecule has 0 unspecified atom stereocenters. The van der Waals surface area contributed by atoms with Crippen molar-refractivity contribution < 1.29 is 48.3 Å². The average molecular weight is 500 g/mol. The van der Waals surface area contributed by atoms with Crippen LogP contribution < -0.4 is 5.43 Å². The number of aromatic hydroxyl groups is 5. The summed E-state index contributed by atoms with van der Waals surface area (Å²) >= 11 is 0. The van der Waals surface area contributed by atoms with Crippen molar-refractivity contribution in [3.63, 3.8) is 0 Å². The maximum absolute atomic E-state index is 14.1. The highest BCUT2D eigenvalue weighted by atomic mass is 19.2. The van der Waals surface area contributed by atoms with Crippen molar-refractivity contribution in [3.05, 3.63) is 75.4 Å². The first kappa shape index (κ1) is 24.3. The van der Waals surface area contributed by atoms with Crippen LogP contribution in [0.2, 0.25) is 0 Å². The molecule has 0 radical (unpaired) electrons. The fourth-order valence-corrected chi connectivity index (χ4v) is 3.91. The molecule has 1 heterocycles. The Morgan fingerprint density at radius 1 is 0.917 bits per heavy atom. The van der Waals surface area contributed by atoms with E-state index in [0.717, 1.165) is 43.5 Å². The second-order valence-electron chi connectivity index (χ2n) is 7.85. The van der Waals surface area contributed by atoms with E-state index >= 15 is 0 Å². The normalized spacial score (nSPS) is 12.0. The summed E-state index contributed by atoms with van der Waals surface area (Å²) in [5.74, 6) is -8.46. The molecule has 0 aliphatic heterocycles. The molecule has 0 aliphatic carbocycles. The van der Waals surface area contributed by atoms with Crippen molar-refractivity contribution >= 4 is 16.9 Å². The Morgan fingerprint density at radius 2 is 1.64 bits per heavy atom. The number of phenolic OH excluding ortho intramolecular Hbond substituents is 4. The topological polar surface area (TPSA) is 158 Å². The van der Waals surface area contributed by atoms with Gasteiger partial charge in [-0.15, -0.1) is 0 Å². The highest BCUT2D eigenvalue weighted by molar-refractivity contribution is 5.92. The van der Waals surface area contributed by atoms with Crippen LogP contribution in [0, 0.1) is 11.6 Å². The number of phenols is 4. The molecule has 186 valence electrons. The lowest BCUT2D eigenvalue weighted by molar-refractivity contribution is -0.140. The molecule has 0 aliphatic rings. The summed E-state index contributed by atoms with van der Waals surface area (Å²) in [7, 11) is 1.09. The van der Waals surface area contributed by atoms with E-state index in [1.807, 2.05) is 0 Å². The van der Waals surface area contributed by atoms with Crippen molar-refractivity contribution in [3.8, 4) is 40.1 Å². The van der Waals surface area contributed by atoms with Crippen LogP contribution in [0.3, 0.4) is 0 Å². The molecule has 0 amide bonds. The average Bonchev–Trinajstić information content (AvgIpc) is 2.83. The first-order valence-electron chi connectivity index (χ1n) is 10.3. The Bertz CT molecular complexity index is 1580. The summed E-state index contributed by atoms with van der Waals surface area (Å²) in [6.07, 6.45) is -0.519. The van der Waals surface area contributed by atoms with Crippen LogP contribution in [0.25, 0.3) is 22.3 Å². The van der Waals surface area contributed by atoms with Crippen molar-refractivity contribution in [2.75, 3.05) is 7.11 Å². The third kappa shape index (κ3) is 4.11. The summed E-state index contributed by atoms with van der Waals surface area (Å²) in [5.41, 5.74) is -1.93. The Labute approximate surface area is 200 Å². The highest BCUT2D eigenvalue weighted by Crippen LogP contribution is 2.45. The molecule has 0 saturated heterocycles. The number of carbonyl (C=O) groups excluding carboxylic acids is 1. The lowest BCUT2D eigenvalue weighted by Gasteiger charge is -2.20. The molecule has 0 bridgehead atoms. The van der Waals surface area contributed by atoms with Gasteiger partial charge in [0.25, 0.3) is 0 Å². The number of benzene rings is 3.